The van der Waals surface area contributed by atoms with Gasteiger partial charge in [0.05, 0.1) is 0 Å². The summed E-state index contributed by atoms with van der Waals surface area (Å²) in [5.41, 5.74) is 6.22. The number of rotatable bonds is 4. The minimum atomic E-state index is -3.55. The summed E-state index contributed by atoms with van der Waals surface area (Å²) in [6, 6.07) is 0.0199. The van der Waals surface area contributed by atoms with Gasteiger partial charge in [-0.2, -0.15) is 11.8 Å². The van der Waals surface area contributed by atoms with E-state index in [0.29, 0.717) is 17.1 Å². The third kappa shape index (κ3) is 3.16. The Kier molecular flexibility index (Phi) is 4.60. The van der Waals surface area contributed by atoms with Gasteiger partial charge in [0.1, 0.15) is 16.4 Å². The zero-order valence-electron chi connectivity index (χ0n) is 11.2. The van der Waals surface area contributed by atoms with Crippen LogP contribution in [0.2, 0.25) is 0 Å². The number of furan rings is 1. The van der Waals surface area contributed by atoms with Gasteiger partial charge in [0.15, 0.2) is 0 Å². The molecule has 0 spiro atoms. The Labute approximate surface area is 118 Å². The van der Waals surface area contributed by atoms with E-state index < -0.39 is 10.0 Å². The van der Waals surface area contributed by atoms with Crippen LogP contribution in [-0.2, 0) is 16.6 Å². The van der Waals surface area contributed by atoms with Gasteiger partial charge in [-0.05, 0) is 38.2 Å². The maximum absolute atomic E-state index is 12.5. The molecule has 2 heterocycles. The third-order valence-electron chi connectivity index (χ3n) is 3.34. The van der Waals surface area contributed by atoms with Gasteiger partial charge >= 0.3 is 0 Å². The van der Waals surface area contributed by atoms with Crippen LogP contribution >= 0.6 is 11.8 Å². The van der Waals surface area contributed by atoms with Gasteiger partial charge in [-0.1, -0.05) is 0 Å². The van der Waals surface area contributed by atoms with Crippen LogP contribution < -0.4 is 10.5 Å². The molecule has 0 atom stereocenters. The Morgan fingerprint density at radius 2 is 1.95 bits per heavy atom. The van der Waals surface area contributed by atoms with E-state index in [1.807, 2.05) is 11.8 Å². The summed E-state index contributed by atoms with van der Waals surface area (Å²) in [6.45, 7) is 3.57. The lowest BCUT2D eigenvalue weighted by molar-refractivity contribution is 0.491. The second kappa shape index (κ2) is 5.87. The Morgan fingerprint density at radius 3 is 2.53 bits per heavy atom. The normalized spacial score (nSPS) is 17.8. The van der Waals surface area contributed by atoms with Gasteiger partial charge in [-0.25, -0.2) is 13.1 Å². The third-order valence-corrected chi connectivity index (χ3v) is 6.10. The lowest BCUT2D eigenvalue weighted by Crippen LogP contribution is -2.37. The van der Waals surface area contributed by atoms with Crippen LogP contribution in [0.15, 0.2) is 9.31 Å². The smallest absolute Gasteiger partial charge is 0.244 e. The lowest BCUT2D eigenvalue weighted by atomic mass is 10.2. The molecule has 0 bridgehead atoms. The fourth-order valence-corrected chi connectivity index (χ4v) is 5.26. The van der Waals surface area contributed by atoms with E-state index in [1.165, 1.54) is 0 Å². The highest BCUT2D eigenvalue weighted by Gasteiger charge is 2.29. The Hall–Kier alpha value is -0.500. The molecule has 0 unspecified atom stereocenters. The fourth-order valence-electron chi connectivity index (χ4n) is 2.39. The number of nitrogens with two attached hydrogens (primary N) is 1. The average molecular weight is 304 g/mol. The first kappa shape index (κ1) is 14.9. The molecule has 2 rings (SSSR count). The van der Waals surface area contributed by atoms with Crippen molar-refractivity contribution < 1.29 is 12.8 Å². The molecule has 0 aromatic carbocycles. The van der Waals surface area contributed by atoms with Crippen molar-refractivity contribution in [2.75, 3.05) is 11.5 Å². The minimum absolute atomic E-state index is 0.0199. The van der Waals surface area contributed by atoms with Crippen molar-refractivity contribution in [1.29, 1.82) is 0 Å². The summed E-state index contributed by atoms with van der Waals surface area (Å²) < 4.78 is 33.2. The van der Waals surface area contributed by atoms with Crippen LogP contribution in [0.3, 0.4) is 0 Å². The monoisotopic (exact) mass is 304 g/mol. The fraction of sp³-hybridized carbons (Fsp3) is 0.667. The van der Waals surface area contributed by atoms with Crippen LogP contribution in [0.25, 0.3) is 0 Å². The van der Waals surface area contributed by atoms with Crippen molar-refractivity contribution in [3.63, 3.8) is 0 Å². The van der Waals surface area contributed by atoms with Gasteiger partial charge in [0.2, 0.25) is 10.0 Å². The molecule has 19 heavy (non-hydrogen) atoms. The second-order valence-corrected chi connectivity index (χ2v) is 7.61. The van der Waals surface area contributed by atoms with E-state index >= 15 is 0 Å². The predicted octanol–water partition coefficient (Wildman–Crippen LogP) is 1.53. The van der Waals surface area contributed by atoms with Gasteiger partial charge in [0, 0.05) is 18.2 Å². The lowest BCUT2D eigenvalue weighted by Gasteiger charge is -2.22. The molecular weight excluding hydrogens is 284 g/mol. The summed E-state index contributed by atoms with van der Waals surface area (Å²) in [6.07, 6.45) is 1.75. The number of thioether (sulfide) groups is 1. The van der Waals surface area contributed by atoms with E-state index in [2.05, 4.69) is 4.72 Å². The van der Waals surface area contributed by atoms with Crippen molar-refractivity contribution in [3.05, 3.63) is 17.1 Å². The summed E-state index contributed by atoms with van der Waals surface area (Å²) in [5, 5.41) is 0. The zero-order valence-corrected chi connectivity index (χ0v) is 12.9. The van der Waals surface area contributed by atoms with E-state index in [9.17, 15) is 8.42 Å². The van der Waals surface area contributed by atoms with Gasteiger partial charge in [-0.15, -0.1) is 0 Å². The quantitative estimate of drug-likeness (QED) is 0.881. The Bertz CT molecular complexity index is 546. The molecule has 1 aliphatic heterocycles. The maximum Gasteiger partial charge on any atom is 0.244 e. The SMILES string of the molecule is Cc1oc(C)c(S(=O)(=O)NC2CCSCC2)c1CN. The molecule has 0 saturated carbocycles. The predicted molar refractivity (Wildman–Crippen MR) is 76.7 cm³/mol. The molecule has 1 aromatic heterocycles. The Balaban J connectivity index is 2.28. The molecule has 1 saturated heterocycles. The number of nitrogens with one attached hydrogen (secondary N) is 1. The summed E-state index contributed by atoms with van der Waals surface area (Å²) >= 11 is 1.86. The first-order chi connectivity index (χ1) is 8.95. The van der Waals surface area contributed by atoms with Crippen LogP contribution in [-0.4, -0.2) is 26.0 Å². The van der Waals surface area contributed by atoms with Crippen LogP contribution in [0, 0.1) is 13.8 Å². The average Bonchev–Trinajstić information content (AvgIpc) is 2.64. The van der Waals surface area contributed by atoms with E-state index in [1.54, 1.807) is 13.8 Å². The van der Waals surface area contributed by atoms with Crippen molar-refractivity contribution >= 4 is 21.8 Å². The molecule has 7 heteroatoms. The highest BCUT2D eigenvalue weighted by atomic mass is 32.2. The first-order valence-corrected chi connectivity index (χ1v) is 8.98. The van der Waals surface area contributed by atoms with Gasteiger partial charge < -0.3 is 10.2 Å². The molecular formula is C12H20N2O3S2. The summed E-state index contributed by atoms with van der Waals surface area (Å²) in [4.78, 5) is 0.228. The second-order valence-electron chi connectivity index (χ2n) is 4.73. The number of hydrogen-bond acceptors (Lipinski definition) is 5. The molecule has 0 aliphatic carbocycles. The first-order valence-electron chi connectivity index (χ1n) is 6.34. The summed E-state index contributed by atoms with van der Waals surface area (Å²) in [5.74, 6) is 3.00. The number of hydrogen-bond donors (Lipinski definition) is 2. The number of aryl methyl sites for hydroxylation is 2. The van der Waals surface area contributed by atoms with Gasteiger partial charge in [0.25, 0.3) is 0 Å². The summed E-state index contributed by atoms with van der Waals surface area (Å²) in [7, 11) is -3.55. The van der Waals surface area contributed by atoms with Crippen LogP contribution in [0.5, 0.6) is 0 Å². The van der Waals surface area contributed by atoms with E-state index in [4.69, 9.17) is 10.2 Å². The molecule has 108 valence electrons. The standard InChI is InChI=1S/C12H20N2O3S2/c1-8-11(7-13)12(9(2)17-8)19(15,16)14-10-3-5-18-6-4-10/h10,14H,3-7,13H2,1-2H3. The molecule has 5 nitrogen and oxygen atoms in total. The molecule has 3 N–H and O–H groups in total. The molecule has 1 fully saturated rings. The highest BCUT2D eigenvalue weighted by molar-refractivity contribution is 7.99. The maximum atomic E-state index is 12.5. The van der Waals surface area contributed by atoms with Crippen molar-refractivity contribution in [1.82, 2.24) is 4.72 Å². The zero-order chi connectivity index (χ0) is 14.0. The highest BCUT2D eigenvalue weighted by Crippen LogP contribution is 2.27. The van der Waals surface area contributed by atoms with Crippen molar-refractivity contribution in [2.24, 2.45) is 5.73 Å². The van der Waals surface area contributed by atoms with E-state index in [-0.39, 0.29) is 17.5 Å². The minimum Gasteiger partial charge on any atom is -0.465 e. The van der Waals surface area contributed by atoms with Crippen molar-refractivity contribution in [3.8, 4) is 0 Å². The Morgan fingerprint density at radius 1 is 1.32 bits per heavy atom. The van der Waals surface area contributed by atoms with Crippen molar-refractivity contribution in [2.45, 2.75) is 44.2 Å². The van der Waals surface area contributed by atoms with Crippen LogP contribution in [0.1, 0.15) is 29.9 Å². The number of sulfonamides is 1. The molecule has 1 aromatic rings. The van der Waals surface area contributed by atoms with Crippen LogP contribution in [0.4, 0.5) is 0 Å². The largest absolute Gasteiger partial charge is 0.465 e. The molecule has 0 radical (unpaired) electrons. The molecule has 1 aliphatic rings. The van der Waals surface area contributed by atoms with E-state index in [0.717, 1.165) is 24.3 Å². The topological polar surface area (TPSA) is 85.3 Å². The van der Waals surface area contributed by atoms with Gasteiger partial charge in [-0.3, -0.25) is 0 Å². The molecule has 0 amide bonds.